The summed E-state index contributed by atoms with van der Waals surface area (Å²) < 4.78 is 0. The number of piperazine rings is 1. The zero-order chi connectivity index (χ0) is 18.1. The fraction of sp³-hybridized carbons (Fsp3) is 0.455. The van der Waals surface area contributed by atoms with Crippen molar-refractivity contribution in [1.29, 1.82) is 0 Å². The third-order valence-corrected chi connectivity index (χ3v) is 5.82. The molecule has 4 heteroatoms. The van der Waals surface area contributed by atoms with Crippen LogP contribution in [-0.4, -0.2) is 52.9 Å². The lowest BCUT2D eigenvalue weighted by Gasteiger charge is -2.37. The number of aromatic nitrogens is 1. The second-order valence-corrected chi connectivity index (χ2v) is 7.48. The first-order valence-electron chi connectivity index (χ1n) is 9.76. The molecule has 0 radical (unpaired) electrons. The van der Waals surface area contributed by atoms with Gasteiger partial charge in [-0.05, 0) is 56.5 Å². The van der Waals surface area contributed by atoms with Gasteiger partial charge in [-0.25, -0.2) is 0 Å². The summed E-state index contributed by atoms with van der Waals surface area (Å²) >= 11 is 0. The van der Waals surface area contributed by atoms with Gasteiger partial charge in [-0.2, -0.15) is 0 Å². The molecule has 1 aromatic heterocycles. The van der Waals surface area contributed by atoms with Crippen LogP contribution in [0.25, 0.3) is 11.3 Å². The SMILES string of the molecule is CCc1nc(-c2cccc(C(=O)N3CCN4CCC[C@H]4C3)c2)ccc1C. The van der Waals surface area contributed by atoms with E-state index in [9.17, 15) is 4.79 Å². The van der Waals surface area contributed by atoms with Crippen molar-refractivity contribution >= 4 is 5.91 Å². The Morgan fingerprint density at radius 2 is 2.08 bits per heavy atom. The van der Waals surface area contributed by atoms with Gasteiger partial charge >= 0.3 is 0 Å². The second-order valence-electron chi connectivity index (χ2n) is 7.48. The average Bonchev–Trinajstić information content (AvgIpc) is 3.15. The Morgan fingerprint density at radius 1 is 1.19 bits per heavy atom. The summed E-state index contributed by atoms with van der Waals surface area (Å²) in [6, 6.07) is 12.7. The monoisotopic (exact) mass is 349 g/mol. The molecule has 2 aliphatic heterocycles. The maximum atomic E-state index is 13.0. The minimum atomic E-state index is 0.154. The van der Waals surface area contributed by atoms with E-state index in [1.807, 2.05) is 29.2 Å². The summed E-state index contributed by atoms with van der Waals surface area (Å²) in [6.07, 6.45) is 3.40. The summed E-state index contributed by atoms with van der Waals surface area (Å²) in [5.41, 5.74) is 5.08. The third-order valence-electron chi connectivity index (χ3n) is 5.82. The lowest BCUT2D eigenvalue weighted by atomic mass is 10.0. The standard InChI is InChI=1S/C22H27N3O/c1-3-20-16(2)9-10-21(23-20)17-6-4-7-18(14-17)22(26)25-13-12-24-11-5-8-19(24)15-25/h4,6-7,9-10,14,19H,3,5,8,11-13,15H2,1-2H3/t19-/m0/s1. The predicted octanol–water partition coefficient (Wildman–Crippen LogP) is 3.54. The Kier molecular flexibility index (Phi) is 4.77. The van der Waals surface area contributed by atoms with Crippen LogP contribution < -0.4 is 0 Å². The summed E-state index contributed by atoms with van der Waals surface area (Å²) in [7, 11) is 0. The van der Waals surface area contributed by atoms with Gasteiger partial charge in [0.15, 0.2) is 0 Å². The molecule has 2 aromatic rings. The molecule has 0 N–H and O–H groups in total. The van der Waals surface area contributed by atoms with Crippen LogP contribution in [0.5, 0.6) is 0 Å². The summed E-state index contributed by atoms with van der Waals surface area (Å²) in [5.74, 6) is 0.154. The third kappa shape index (κ3) is 3.26. The van der Waals surface area contributed by atoms with Crippen LogP contribution in [0.4, 0.5) is 0 Å². The van der Waals surface area contributed by atoms with E-state index in [1.54, 1.807) is 0 Å². The fourth-order valence-electron chi connectivity index (χ4n) is 4.26. The van der Waals surface area contributed by atoms with E-state index in [2.05, 4.69) is 30.9 Å². The highest BCUT2D eigenvalue weighted by molar-refractivity contribution is 5.95. The number of pyridine rings is 1. The van der Waals surface area contributed by atoms with E-state index < -0.39 is 0 Å². The van der Waals surface area contributed by atoms with Gasteiger partial charge < -0.3 is 4.90 Å². The quantitative estimate of drug-likeness (QED) is 0.850. The number of carbonyl (C=O) groups is 1. The molecule has 1 aromatic carbocycles. The molecule has 0 bridgehead atoms. The molecular formula is C22H27N3O. The van der Waals surface area contributed by atoms with Crippen LogP contribution in [-0.2, 0) is 6.42 Å². The molecule has 4 rings (SSSR count). The van der Waals surface area contributed by atoms with Gasteiger partial charge in [-0.15, -0.1) is 0 Å². The van der Waals surface area contributed by atoms with Crippen molar-refractivity contribution in [3.63, 3.8) is 0 Å². The van der Waals surface area contributed by atoms with E-state index in [1.165, 1.54) is 24.9 Å². The normalized spacial score (nSPS) is 20.2. The number of rotatable bonds is 3. The van der Waals surface area contributed by atoms with E-state index in [-0.39, 0.29) is 5.91 Å². The minimum absolute atomic E-state index is 0.154. The molecule has 1 amide bonds. The first kappa shape index (κ1) is 17.2. The number of hydrogen-bond donors (Lipinski definition) is 0. The maximum Gasteiger partial charge on any atom is 0.253 e. The van der Waals surface area contributed by atoms with Crippen LogP contribution in [0.3, 0.4) is 0 Å². The van der Waals surface area contributed by atoms with Crippen LogP contribution in [0.1, 0.15) is 41.4 Å². The summed E-state index contributed by atoms with van der Waals surface area (Å²) in [5, 5.41) is 0. The molecule has 2 aliphatic rings. The lowest BCUT2D eigenvalue weighted by Crippen LogP contribution is -2.52. The zero-order valence-corrected chi connectivity index (χ0v) is 15.7. The molecule has 26 heavy (non-hydrogen) atoms. The topological polar surface area (TPSA) is 36.4 Å². The molecule has 2 saturated heterocycles. The Balaban J connectivity index is 1.56. The zero-order valence-electron chi connectivity index (χ0n) is 15.7. The Labute approximate surface area is 155 Å². The first-order chi connectivity index (χ1) is 12.7. The van der Waals surface area contributed by atoms with Crippen molar-refractivity contribution < 1.29 is 4.79 Å². The van der Waals surface area contributed by atoms with Gasteiger partial charge in [0.1, 0.15) is 0 Å². The lowest BCUT2D eigenvalue weighted by molar-refractivity contribution is 0.0571. The molecule has 136 valence electrons. The van der Waals surface area contributed by atoms with Crippen LogP contribution in [0, 0.1) is 6.92 Å². The van der Waals surface area contributed by atoms with Gasteiger partial charge in [0.05, 0.1) is 5.69 Å². The minimum Gasteiger partial charge on any atom is -0.336 e. The number of hydrogen-bond acceptors (Lipinski definition) is 3. The van der Waals surface area contributed by atoms with Gasteiger partial charge in [0.2, 0.25) is 0 Å². The number of fused-ring (bicyclic) bond motifs is 1. The summed E-state index contributed by atoms with van der Waals surface area (Å²) in [4.78, 5) is 22.4. The van der Waals surface area contributed by atoms with Crippen molar-refractivity contribution in [1.82, 2.24) is 14.8 Å². The molecule has 1 atom stereocenters. The van der Waals surface area contributed by atoms with Crippen LogP contribution >= 0.6 is 0 Å². The van der Waals surface area contributed by atoms with Gasteiger partial charge in [0.25, 0.3) is 5.91 Å². The predicted molar refractivity (Wildman–Crippen MR) is 104 cm³/mol. The number of nitrogens with zero attached hydrogens (tertiary/aromatic N) is 3. The molecule has 0 spiro atoms. The molecular weight excluding hydrogens is 322 g/mol. The molecule has 0 saturated carbocycles. The Bertz CT molecular complexity index is 817. The van der Waals surface area contributed by atoms with Crippen LogP contribution in [0.2, 0.25) is 0 Å². The molecule has 4 nitrogen and oxygen atoms in total. The second kappa shape index (κ2) is 7.20. The van der Waals surface area contributed by atoms with Crippen molar-refractivity contribution in [2.75, 3.05) is 26.2 Å². The average molecular weight is 349 g/mol. The van der Waals surface area contributed by atoms with Gasteiger partial charge in [-0.1, -0.05) is 25.1 Å². The van der Waals surface area contributed by atoms with Crippen molar-refractivity contribution in [2.24, 2.45) is 0 Å². The molecule has 0 aliphatic carbocycles. The van der Waals surface area contributed by atoms with Crippen molar-refractivity contribution in [2.45, 2.75) is 39.2 Å². The number of amides is 1. The Morgan fingerprint density at radius 3 is 2.92 bits per heavy atom. The van der Waals surface area contributed by atoms with E-state index in [0.717, 1.165) is 48.6 Å². The largest absolute Gasteiger partial charge is 0.336 e. The number of benzene rings is 1. The van der Waals surface area contributed by atoms with Crippen molar-refractivity contribution in [3.05, 3.63) is 53.2 Å². The molecule has 2 fully saturated rings. The fourth-order valence-corrected chi connectivity index (χ4v) is 4.26. The van der Waals surface area contributed by atoms with Crippen LogP contribution in [0.15, 0.2) is 36.4 Å². The Hall–Kier alpha value is -2.20. The number of aryl methyl sites for hydroxylation is 2. The molecule has 0 unspecified atom stereocenters. The smallest absolute Gasteiger partial charge is 0.253 e. The molecule has 3 heterocycles. The highest BCUT2D eigenvalue weighted by Gasteiger charge is 2.32. The first-order valence-corrected chi connectivity index (χ1v) is 9.76. The van der Waals surface area contributed by atoms with E-state index in [4.69, 9.17) is 4.98 Å². The van der Waals surface area contributed by atoms with Crippen molar-refractivity contribution in [3.8, 4) is 11.3 Å². The maximum absolute atomic E-state index is 13.0. The van der Waals surface area contributed by atoms with E-state index in [0.29, 0.717) is 6.04 Å². The highest BCUT2D eigenvalue weighted by atomic mass is 16.2. The highest BCUT2D eigenvalue weighted by Crippen LogP contribution is 2.24. The van der Waals surface area contributed by atoms with Gasteiger partial charge in [0, 0.05) is 42.5 Å². The number of carbonyl (C=O) groups excluding carboxylic acids is 1. The van der Waals surface area contributed by atoms with E-state index >= 15 is 0 Å². The van der Waals surface area contributed by atoms with Gasteiger partial charge in [-0.3, -0.25) is 14.7 Å². The summed E-state index contributed by atoms with van der Waals surface area (Å²) in [6.45, 7) is 8.13.